The summed E-state index contributed by atoms with van der Waals surface area (Å²) in [6.07, 6.45) is 13.0. The second kappa shape index (κ2) is 10.6. The van der Waals surface area contributed by atoms with Gasteiger partial charge in [0.25, 0.3) is 0 Å². The molecule has 0 spiro atoms. The molecule has 0 N–H and O–H groups in total. The van der Waals surface area contributed by atoms with E-state index in [0.29, 0.717) is 13.0 Å². The van der Waals surface area contributed by atoms with Crippen molar-refractivity contribution in [2.75, 3.05) is 6.61 Å². The van der Waals surface area contributed by atoms with Crippen molar-refractivity contribution >= 4 is 5.97 Å². The van der Waals surface area contributed by atoms with E-state index >= 15 is 0 Å². The first-order valence-electron chi connectivity index (χ1n) is 7.10. The minimum atomic E-state index is -0.0593. The van der Waals surface area contributed by atoms with Crippen molar-refractivity contribution in [1.82, 2.24) is 0 Å². The molecule has 2 unspecified atom stereocenters. The SMILES string of the molecule is C1=CC2CCC1C2.CCCCCC(=O)OCC.[Ni]. The summed E-state index contributed by atoms with van der Waals surface area (Å²) in [7, 11) is 0. The Morgan fingerprint density at radius 1 is 1.17 bits per heavy atom. The summed E-state index contributed by atoms with van der Waals surface area (Å²) in [4.78, 5) is 10.7. The van der Waals surface area contributed by atoms with Gasteiger partial charge in [-0.3, -0.25) is 4.79 Å². The van der Waals surface area contributed by atoms with Gasteiger partial charge in [0.05, 0.1) is 6.61 Å². The maximum Gasteiger partial charge on any atom is 0.305 e. The molecule has 0 amide bonds. The van der Waals surface area contributed by atoms with Gasteiger partial charge >= 0.3 is 5.97 Å². The molecule has 2 aliphatic rings. The summed E-state index contributed by atoms with van der Waals surface area (Å²) < 4.78 is 4.75. The van der Waals surface area contributed by atoms with Crippen LogP contribution in [0.4, 0.5) is 0 Å². The van der Waals surface area contributed by atoms with Crippen molar-refractivity contribution in [3.8, 4) is 0 Å². The number of hydrogen-bond donors (Lipinski definition) is 0. The molecule has 0 aliphatic heterocycles. The molecule has 0 aromatic heterocycles. The predicted octanol–water partition coefficient (Wildman–Crippen LogP) is 4.10. The zero-order valence-electron chi connectivity index (χ0n) is 11.6. The number of hydrogen-bond acceptors (Lipinski definition) is 2. The fraction of sp³-hybridized carbons (Fsp3) is 0.800. The number of fused-ring (bicyclic) bond motifs is 2. The van der Waals surface area contributed by atoms with Gasteiger partial charge in [0.15, 0.2) is 0 Å². The molecule has 0 aromatic rings. The van der Waals surface area contributed by atoms with E-state index in [1.807, 2.05) is 6.92 Å². The number of ether oxygens (including phenoxy) is 1. The van der Waals surface area contributed by atoms with E-state index in [2.05, 4.69) is 19.1 Å². The summed E-state index contributed by atoms with van der Waals surface area (Å²) in [6.45, 7) is 4.45. The third-order valence-corrected chi connectivity index (χ3v) is 3.46. The molecule has 2 atom stereocenters. The average Bonchev–Trinajstić information content (AvgIpc) is 2.95. The van der Waals surface area contributed by atoms with E-state index in [9.17, 15) is 4.79 Å². The van der Waals surface area contributed by atoms with Gasteiger partial charge in [0.2, 0.25) is 0 Å². The molecule has 0 aromatic carbocycles. The Balaban J connectivity index is 0.000000315. The number of allylic oxidation sites excluding steroid dienone is 2. The Morgan fingerprint density at radius 3 is 2.11 bits per heavy atom. The molecule has 1 fully saturated rings. The molecular formula is C15H26NiO2. The van der Waals surface area contributed by atoms with Crippen molar-refractivity contribution < 1.29 is 26.0 Å². The molecule has 18 heavy (non-hydrogen) atoms. The van der Waals surface area contributed by atoms with Crippen LogP contribution in [0, 0.1) is 11.8 Å². The molecule has 2 bridgehead atoms. The summed E-state index contributed by atoms with van der Waals surface area (Å²) in [5.74, 6) is 1.92. The molecule has 0 heterocycles. The Kier molecular flexibility index (Phi) is 10.4. The molecule has 0 saturated heterocycles. The summed E-state index contributed by atoms with van der Waals surface area (Å²) in [5.41, 5.74) is 0. The molecule has 1 saturated carbocycles. The summed E-state index contributed by atoms with van der Waals surface area (Å²) >= 11 is 0. The second-order valence-electron chi connectivity index (χ2n) is 4.98. The average molecular weight is 297 g/mol. The Hall–Kier alpha value is -0.296. The number of unbranched alkanes of at least 4 members (excludes halogenated alkanes) is 2. The Bertz CT molecular complexity index is 239. The van der Waals surface area contributed by atoms with Crippen LogP contribution in [0.1, 0.15) is 58.8 Å². The number of carbonyl (C=O) groups is 1. The van der Waals surface area contributed by atoms with Gasteiger partial charge in [0.1, 0.15) is 0 Å². The largest absolute Gasteiger partial charge is 0.466 e. The van der Waals surface area contributed by atoms with Crippen LogP contribution in [-0.2, 0) is 26.0 Å². The van der Waals surface area contributed by atoms with Crippen molar-refractivity contribution in [2.45, 2.75) is 58.8 Å². The summed E-state index contributed by atoms with van der Waals surface area (Å²) in [6, 6.07) is 0. The number of carbonyl (C=O) groups excluding carboxylic acids is 1. The van der Waals surface area contributed by atoms with Crippen LogP contribution in [0.3, 0.4) is 0 Å². The van der Waals surface area contributed by atoms with Crippen molar-refractivity contribution in [1.29, 1.82) is 0 Å². The third kappa shape index (κ3) is 7.21. The normalized spacial score (nSPS) is 23.0. The molecule has 2 nitrogen and oxygen atoms in total. The van der Waals surface area contributed by atoms with Crippen molar-refractivity contribution in [3.63, 3.8) is 0 Å². The quantitative estimate of drug-likeness (QED) is 0.330. The van der Waals surface area contributed by atoms with Gasteiger partial charge in [0, 0.05) is 22.9 Å². The van der Waals surface area contributed by atoms with Crippen LogP contribution in [0.15, 0.2) is 12.2 Å². The van der Waals surface area contributed by atoms with Crippen LogP contribution < -0.4 is 0 Å². The fourth-order valence-electron chi connectivity index (χ4n) is 2.47. The Labute approximate surface area is 121 Å². The first-order valence-corrected chi connectivity index (χ1v) is 7.10. The van der Waals surface area contributed by atoms with E-state index in [0.717, 1.165) is 31.1 Å². The maximum absolute atomic E-state index is 10.7. The molecule has 2 aliphatic carbocycles. The number of esters is 1. The minimum Gasteiger partial charge on any atom is -0.466 e. The first kappa shape index (κ1) is 17.7. The van der Waals surface area contributed by atoms with Crippen LogP contribution in [0.5, 0.6) is 0 Å². The smallest absolute Gasteiger partial charge is 0.305 e. The standard InChI is InChI=1S/C8H16O2.C7H10.Ni/c1-3-5-6-7-8(9)10-4-2;1-2-7-4-3-6(1)5-7;/h3-7H2,1-2H3;1-2,6-7H,3-5H2;. The van der Waals surface area contributed by atoms with E-state index < -0.39 is 0 Å². The van der Waals surface area contributed by atoms with Crippen LogP contribution in [0.2, 0.25) is 0 Å². The first-order chi connectivity index (χ1) is 8.26. The fourth-order valence-corrected chi connectivity index (χ4v) is 2.47. The molecule has 0 radical (unpaired) electrons. The van der Waals surface area contributed by atoms with Crippen LogP contribution in [0.25, 0.3) is 0 Å². The van der Waals surface area contributed by atoms with Crippen molar-refractivity contribution in [3.05, 3.63) is 12.2 Å². The molecule has 108 valence electrons. The van der Waals surface area contributed by atoms with Crippen molar-refractivity contribution in [2.24, 2.45) is 11.8 Å². The zero-order chi connectivity index (χ0) is 12.5. The van der Waals surface area contributed by atoms with E-state index in [-0.39, 0.29) is 22.5 Å². The molecular weight excluding hydrogens is 271 g/mol. The minimum absolute atomic E-state index is 0. The van der Waals surface area contributed by atoms with E-state index in [4.69, 9.17) is 4.74 Å². The topological polar surface area (TPSA) is 26.3 Å². The van der Waals surface area contributed by atoms with Crippen LogP contribution in [-0.4, -0.2) is 12.6 Å². The van der Waals surface area contributed by atoms with E-state index in [1.165, 1.54) is 19.3 Å². The van der Waals surface area contributed by atoms with Gasteiger partial charge in [-0.1, -0.05) is 31.9 Å². The second-order valence-corrected chi connectivity index (χ2v) is 4.98. The monoisotopic (exact) mass is 296 g/mol. The van der Waals surface area contributed by atoms with Gasteiger partial charge in [-0.15, -0.1) is 0 Å². The van der Waals surface area contributed by atoms with E-state index in [1.54, 1.807) is 0 Å². The molecule has 3 heteroatoms. The third-order valence-electron chi connectivity index (χ3n) is 3.46. The summed E-state index contributed by atoms with van der Waals surface area (Å²) in [5, 5.41) is 0. The maximum atomic E-state index is 10.7. The van der Waals surface area contributed by atoms with Crippen LogP contribution >= 0.6 is 0 Å². The zero-order valence-corrected chi connectivity index (χ0v) is 12.6. The Morgan fingerprint density at radius 2 is 1.78 bits per heavy atom. The van der Waals surface area contributed by atoms with Gasteiger partial charge < -0.3 is 4.74 Å². The van der Waals surface area contributed by atoms with Gasteiger partial charge in [-0.2, -0.15) is 0 Å². The van der Waals surface area contributed by atoms with Gasteiger partial charge in [-0.25, -0.2) is 0 Å². The predicted molar refractivity (Wildman–Crippen MR) is 70.7 cm³/mol. The van der Waals surface area contributed by atoms with Gasteiger partial charge in [-0.05, 0) is 44.4 Å². The molecule has 2 rings (SSSR count). The number of rotatable bonds is 5.